The van der Waals surface area contributed by atoms with Crippen molar-refractivity contribution in [2.24, 2.45) is 28.6 Å². The van der Waals surface area contributed by atoms with Gasteiger partial charge in [0, 0.05) is 18.5 Å². The van der Waals surface area contributed by atoms with Crippen LogP contribution < -0.4 is 0 Å². The van der Waals surface area contributed by atoms with Gasteiger partial charge in [0.25, 0.3) is 0 Å². The minimum atomic E-state index is -0.670. The van der Waals surface area contributed by atoms with E-state index in [1.807, 2.05) is 0 Å². The highest BCUT2D eigenvalue weighted by Gasteiger charge is 2.72. The van der Waals surface area contributed by atoms with Crippen molar-refractivity contribution in [1.29, 1.82) is 0 Å². The van der Waals surface area contributed by atoms with Gasteiger partial charge in [-0.25, -0.2) is 0 Å². The zero-order valence-electron chi connectivity index (χ0n) is 26.7. The van der Waals surface area contributed by atoms with Gasteiger partial charge < -0.3 is 24.4 Å². The van der Waals surface area contributed by atoms with Crippen LogP contribution in [0.15, 0.2) is 30.3 Å². The van der Waals surface area contributed by atoms with Crippen LogP contribution in [-0.2, 0) is 15.1 Å². The summed E-state index contributed by atoms with van der Waals surface area (Å²) in [6, 6.07) is 11.0. The average molecular weight is 579 g/mol. The number of nitrogens with zero attached hydrogens (tertiary/aromatic N) is 2. The summed E-state index contributed by atoms with van der Waals surface area (Å²) in [5.74, 6) is 1.71. The van der Waals surface area contributed by atoms with Crippen molar-refractivity contribution in [3.63, 3.8) is 0 Å². The first kappa shape index (κ1) is 29.7. The van der Waals surface area contributed by atoms with Gasteiger partial charge in [0.1, 0.15) is 5.60 Å². The van der Waals surface area contributed by atoms with Crippen LogP contribution >= 0.6 is 0 Å². The van der Waals surface area contributed by atoms with Crippen LogP contribution in [0.1, 0.15) is 103 Å². The normalized spacial score (nSPS) is 44.2. The number of fused-ring (bicyclic) bond motifs is 5. The maximum absolute atomic E-state index is 13.0. The number of aliphatic hydroxyl groups is 1. The molecule has 1 aromatic rings. The first-order valence-corrected chi connectivity index (χ1v) is 17.9. The number of likely N-dealkylation sites (tertiary alicyclic amines) is 2. The summed E-state index contributed by atoms with van der Waals surface area (Å²) >= 11 is 0. The van der Waals surface area contributed by atoms with E-state index in [1.165, 1.54) is 89.5 Å². The lowest BCUT2D eigenvalue weighted by atomic mass is 9.42. The fraction of sp³-hybridized carbons (Fsp3) is 0.838. The predicted octanol–water partition coefficient (Wildman–Crippen LogP) is 6.63. The van der Waals surface area contributed by atoms with Crippen LogP contribution in [-0.4, -0.2) is 79.1 Å². The van der Waals surface area contributed by atoms with Crippen molar-refractivity contribution in [3.05, 3.63) is 35.9 Å². The Morgan fingerprint density at radius 2 is 1.45 bits per heavy atom. The summed E-state index contributed by atoms with van der Waals surface area (Å²) in [5, 5.41) is 13.0. The third-order valence-electron chi connectivity index (χ3n) is 14.1. The molecule has 6 fully saturated rings. The van der Waals surface area contributed by atoms with E-state index in [-0.39, 0.29) is 5.41 Å². The van der Waals surface area contributed by atoms with Crippen LogP contribution in [0.5, 0.6) is 0 Å². The molecule has 0 radical (unpaired) electrons. The quantitative estimate of drug-likeness (QED) is 0.356. The highest BCUT2D eigenvalue weighted by Crippen LogP contribution is 2.72. The molecule has 5 heteroatoms. The number of rotatable bonds is 9. The second-order valence-corrected chi connectivity index (χ2v) is 15.7. The standard InChI is InChI=1S/C37H58N2O3/c1-34-16-14-31(41-26-24-38-20-6-7-21-38)28-30(34)12-13-33-32(34)15-17-35(2)36(33,40)18-19-37(35,29-10-4-3-5-11-29)42-27-25-39-22-8-9-23-39/h3-5,10-11,30-33,40H,6-9,12-28H2,1-2H3/t30-,31+,32+,33-,34+,35+,36+,37+/m1/s1. The summed E-state index contributed by atoms with van der Waals surface area (Å²) in [7, 11) is 0. The Labute approximate surface area is 255 Å². The lowest BCUT2D eigenvalue weighted by Crippen LogP contribution is -2.65. The first-order chi connectivity index (χ1) is 20.4. The lowest BCUT2D eigenvalue weighted by Gasteiger charge is -2.65. The molecule has 1 aromatic carbocycles. The molecule has 6 aliphatic rings. The maximum atomic E-state index is 13.0. The van der Waals surface area contributed by atoms with Gasteiger partial charge in [0.15, 0.2) is 0 Å². The van der Waals surface area contributed by atoms with Crippen LogP contribution in [0.25, 0.3) is 0 Å². The van der Waals surface area contributed by atoms with Crippen molar-refractivity contribution in [3.8, 4) is 0 Å². The fourth-order valence-corrected chi connectivity index (χ4v) is 11.5. The van der Waals surface area contributed by atoms with E-state index < -0.39 is 11.2 Å². The third kappa shape index (κ3) is 4.83. The molecule has 4 aliphatic carbocycles. The second kappa shape index (κ2) is 11.7. The molecule has 0 bridgehead atoms. The van der Waals surface area contributed by atoms with Gasteiger partial charge in [0.2, 0.25) is 0 Å². The third-order valence-corrected chi connectivity index (χ3v) is 14.1. The molecule has 0 unspecified atom stereocenters. The van der Waals surface area contributed by atoms with Crippen molar-refractivity contribution < 1.29 is 14.6 Å². The molecule has 2 saturated heterocycles. The second-order valence-electron chi connectivity index (χ2n) is 15.7. The molecule has 234 valence electrons. The Kier molecular flexibility index (Phi) is 8.31. The van der Waals surface area contributed by atoms with E-state index in [2.05, 4.69) is 54.0 Å². The Hall–Kier alpha value is -0.980. The van der Waals surface area contributed by atoms with Gasteiger partial charge in [-0.05, 0) is 138 Å². The molecule has 5 nitrogen and oxygen atoms in total. The summed E-state index contributed by atoms with van der Waals surface area (Å²) < 4.78 is 13.7. The summed E-state index contributed by atoms with van der Waals surface area (Å²) in [6.45, 7) is 13.7. The largest absolute Gasteiger partial charge is 0.389 e. The van der Waals surface area contributed by atoms with Gasteiger partial charge in [-0.1, -0.05) is 44.2 Å². The number of hydrogen-bond donors (Lipinski definition) is 1. The molecular formula is C37H58N2O3. The number of benzene rings is 1. The van der Waals surface area contributed by atoms with E-state index in [4.69, 9.17) is 9.47 Å². The van der Waals surface area contributed by atoms with Gasteiger partial charge in [-0.15, -0.1) is 0 Å². The van der Waals surface area contributed by atoms with Gasteiger partial charge >= 0.3 is 0 Å². The van der Waals surface area contributed by atoms with Gasteiger partial charge in [-0.3, -0.25) is 0 Å². The lowest BCUT2D eigenvalue weighted by molar-refractivity contribution is -0.249. The maximum Gasteiger partial charge on any atom is 0.101 e. The minimum absolute atomic E-state index is 0.271. The Bertz CT molecular complexity index is 1060. The molecule has 2 heterocycles. The van der Waals surface area contributed by atoms with Crippen LogP contribution in [0.3, 0.4) is 0 Å². The fourth-order valence-electron chi connectivity index (χ4n) is 11.5. The van der Waals surface area contributed by atoms with Gasteiger partial charge in [-0.2, -0.15) is 0 Å². The molecule has 4 saturated carbocycles. The Morgan fingerprint density at radius 1 is 0.762 bits per heavy atom. The van der Waals surface area contributed by atoms with Crippen LogP contribution in [0.4, 0.5) is 0 Å². The zero-order chi connectivity index (χ0) is 28.8. The Balaban J connectivity index is 1.07. The van der Waals surface area contributed by atoms with Crippen molar-refractivity contribution in [2.75, 3.05) is 52.5 Å². The molecule has 42 heavy (non-hydrogen) atoms. The molecule has 1 N–H and O–H groups in total. The molecule has 2 aliphatic heterocycles. The topological polar surface area (TPSA) is 45.2 Å². The van der Waals surface area contributed by atoms with Gasteiger partial charge in [0.05, 0.1) is 24.9 Å². The predicted molar refractivity (Wildman–Crippen MR) is 168 cm³/mol. The van der Waals surface area contributed by atoms with E-state index >= 15 is 0 Å². The molecular weight excluding hydrogens is 520 g/mol. The van der Waals surface area contributed by atoms with Crippen LogP contribution in [0.2, 0.25) is 0 Å². The van der Waals surface area contributed by atoms with E-state index in [0.717, 1.165) is 57.9 Å². The summed E-state index contributed by atoms with van der Waals surface area (Å²) in [4.78, 5) is 5.14. The highest BCUT2D eigenvalue weighted by molar-refractivity contribution is 5.33. The van der Waals surface area contributed by atoms with E-state index in [1.54, 1.807) is 0 Å². The summed E-state index contributed by atoms with van der Waals surface area (Å²) in [6.07, 6.45) is 15.9. The van der Waals surface area contributed by atoms with Crippen molar-refractivity contribution >= 4 is 0 Å². The zero-order valence-corrected chi connectivity index (χ0v) is 26.7. The molecule has 0 amide bonds. The first-order valence-electron chi connectivity index (χ1n) is 17.9. The smallest absolute Gasteiger partial charge is 0.101 e. The molecule has 7 rings (SSSR count). The monoisotopic (exact) mass is 578 g/mol. The minimum Gasteiger partial charge on any atom is -0.389 e. The molecule has 8 atom stereocenters. The number of hydrogen-bond acceptors (Lipinski definition) is 5. The average Bonchev–Trinajstić information content (AvgIpc) is 3.76. The highest BCUT2D eigenvalue weighted by atomic mass is 16.5. The molecule has 0 aromatic heterocycles. The summed E-state index contributed by atoms with van der Waals surface area (Å²) in [5.41, 5.74) is 0.258. The Morgan fingerprint density at radius 3 is 2.17 bits per heavy atom. The van der Waals surface area contributed by atoms with Crippen molar-refractivity contribution in [2.45, 2.75) is 115 Å². The number of ether oxygens (including phenoxy) is 2. The SMILES string of the molecule is C[C@]12CC[C@H](OCCN3CCCC3)C[C@H]1CC[C@@H]1[C@@H]2CC[C@]2(C)[C@@](OCCN3CCCC3)(c3ccccc3)CC[C@]12O. The van der Waals surface area contributed by atoms with E-state index in [0.29, 0.717) is 23.4 Å². The van der Waals surface area contributed by atoms with Crippen molar-refractivity contribution in [1.82, 2.24) is 9.80 Å². The van der Waals surface area contributed by atoms with E-state index in [9.17, 15) is 5.11 Å². The van der Waals surface area contributed by atoms with Crippen LogP contribution in [0, 0.1) is 28.6 Å². The molecule has 0 spiro atoms.